The first-order valence-electron chi connectivity index (χ1n) is 12.8. The van der Waals surface area contributed by atoms with Crippen molar-refractivity contribution < 1.29 is 18.0 Å². The van der Waals surface area contributed by atoms with Crippen LogP contribution in [0.4, 0.5) is 5.69 Å². The van der Waals surface area contributed by atoms with Crippen LogP contribution in [-0.4, -0.2) is 49.5 Å². The van der Waals surface area contributed by atoms with Crippen LogP contribution in [0.1, 0.15) is 37.5 Å². The van der Waals surface area contributed by atoms with E-state index in [2.05, 4.69) is 5.32 Å². The lowest BCUT2D eigenvalue weighted by atomic mass is 10.0. The van der Waals surface area contributed by atoms with Crippen molar-refractivity contribution in [2.45, 2.75) is 52.2 Å². The van der Waals surface area contributed by atoms with E-state index >= 15 is 0 Å². The van der Waals surface area contributed by atoms with E-state index in [0.29, 0.717) is 0 Å². The number of nitrogens with one attached hydrogen (secondary N) is 1. The minimum atomic E-state index is -3.96. The molecule has 3 rings (SSSR count). The Morgan fingerprint density at radius 1 is 0.925 bits per heavy atom. The second-order valence-corrected chi connectivity index (χ2v) is 13.6. The number of sulfonamides is 1. The van der Waals surface area contributed by atoms with Gasteiger partial charge in [-0.3, -0.25) is 13.9 Å². The van der Waals surface area contributed by atoms with Crippen LogP contribution in [0.15, 0.2) is 72.8 Å². The maximum absolute atomic E-state index is 14.1. The number of aryl methyl sites for hydroxylation is 1. The molecule has 0 bridgehead atoms. The number of hydrogen-bond acceptors (Lipinski definition) is 4. The Morgan fingerprint density at radius 3 is 2.12 bits per heavy atom. The monoisotopic (exact) mass is 603 g/mol. The van der Waals surface area contributed by atoms with Crippen LogP contribution in [-0.2, 0) is 32.6 Å². The third-order valence-corrected chi connectivity index (χ3v) is 7.78. The molecule has 1 N–H and O–H groups in total. The van der Waals surface area contributed by atoms with E-state index in [4.69, 9.17) is 23.2 Å². The Morgan fingerprint density at radius 2 is 1.55 bits per heavy atom. The predicted octanol–water partition coefficient (Wildman–Crippen LogP) is 5.62. The highest BCUT2D eigenvalue weighted by Gasteiger charge is 2.34. The van der Waals surface area contributed by atoms with E-state index < -0.39 is 34.1 Å². The second-order valence-electron chi connectivity index (χ2n) is 10.8. The van der Waals surface area contributed by atoms with Crippen molar-refractivity contribution in [2.24, 2.45) is 0 Å². The number of hydrogen-bond donors (Lipinski definition) is 1. The molecule has 0 aromatic heterocycles. The number of halogens is 2. The van der Waals surface area contributed by atoms with Gasteiger partial charge in [0, 0.05) is 23.5 Å². The number of rotatable bonds is 10. The number of anilines is 1. The number of carbonyl (C=O) groups is 2. The van der Waals surface area contributed by atoms with Crippen molar-refractivity contribution in [1.82, 2.24) is 10.2 Å². The molecule has 0 spiro atoms. The third-order valence-electron chi connectivity index (χ3n) is 6.10. The Balaban J connectivity index is 2.09. The van der Waals surface area contributed by atoms with Crippen molar-refractivity contribution in [3.63, 3.8) is 0 Å². The lowest BCUT2D eigenvalue weighted by Gasteiger charge is -2.35. The van der Waals surface area contributed by atoms with Crippen LogP contribution >= 0.6 is 23.2 Å². The molecular formula is C30H35Cl2N3O4S. The summed E-state index contributed by atoms with van der Waals surface area (Å²) in [5, 5.41) is 3.39. The molecule has 0 aliphatic carbocycles. The summed E-state index contributed by atoms with van der Waals surface area (Å²) in [5.74, 6) is -0.907. The van der Waals surface area contributed by atoms with Crippen LogP contribution in [0.5, 0.6) is 0 Å². The second kappa shape index (κ2) is 13.1. The standard InChI is InChI=1S/C30H35Cl2N3O4S/c1-21-11-13-23(14-12-21)19-34(27(29(37)33-30(2,3)4)17-22-9-7-6-8-10-22)28(36)20-35(40(5,38)39)26-18-24(31)15-16-25(26)32/h6-16,18,27H,17,19-20H2,1-5H3,(H,33,37)/t27-/m0/s1. The molecule has 1 atom stereocenters. The average molecular weight is 605 g/mol. The molecule has 0 saturated carbocycles. The van der Waals surface area contributed by atoms with Crippen LogP contribution in [0.3, 0.4) is 0 Å². The lowest BCUT2D eigenvalue weighted by Crippen LogP contribution is -2.56. The summed E-state index contributed by atoms with van der Waals surface area (Å²) < 4.78 is 26.7. The van der Waals surface area contributed by atoms with Crippen LogP contribution in [0.25, 0.3) is 0 Å². The molecule has 0 fully saturated rings. The van der Waals surface area contributed by atoms with Gasteiger partial charge in [-0.15, -0.1) is 0 Å². The fraction of sp³-hybridized carbons (Fsp3) is 0.333. The van der Waals surface area contributed by atoms with Crippen LogP contribution < -0.4 is 9.62 Å². The topological polar surface area (TPSA) is 86.8 Å². The molecule has 40 heavy (non-hydrogen) atoms. The zero-order chi connectivity index (χ0) is 29.7. The largest absolute Gasteiger partial charge is 0.350 e. The van der Waals surface area contributed by atoms with Crippen molar-refractivity contribution in [1.29, 1.82) is 0 Å². The molecule has 2 amide bonds. The molecular weight excluding hydrogens is 569 g/mol. The zero-order valence-electron chi connectivity index (χ0n) is 23.3. The Hall–Kier alpha value is -3.07. The normalized spacial score (nSPS) is 12.5. The predicted molar refractivity (Wildman–Crippen MR) is 162 cm³/mol. The van der Waals surface area contributed by atoms with Gasteiger partial charge in [0.25, 0.3) is 0 Å². The summed E-state index contributed by atoms with van der Waals surface area (Å²) in [4.78, 5) is 29.3. The van der Waals surface area contributed by atoms with Gasteiger partial charge < -0.3 is 10.2 Å². The summed E-state index contributed by atoms with van der Waals surface area (Å²) in [6.07, 6.45) is 1.23. The molecule has 7 nitrogen and oxygen atoms in total. The summed E-state index contributed by atoms with van der Waals surface area (Å²) >= 11 is 12.5. The molecule has 3 aromatic carbocycles. The minimum absolute atomic E-state index is 0.0825. The molecule has 214 valence electrons. The van der Waals surface area contributed by atoms with Crippen LogP contribution in [0, 0.1) is 6.92 Å². The lowest BCUT2D eigenvalue weighted by molar-refractivity contribution is -0.140. The average Bonchev–Trinajstić information content (AvgIpc) is 2.86. The minimum Gasteiger partial charge on any atom is -0.350 e. The summed E-state index contributed by atoms with van der Waals surface area (Å²) in [6, 6.07) is 20.5. The van der Waals surface area contributed by atoms with E-state index in [0.717, 1.165) is 27.3 Å². The van der Waals surface area contributed by atoms with E-state index in [-0.39, 0.29) is 34.6 Å². The maximum atomic E-state index is 14.1. The molecule has 0 radical (unpaired) electrons. The van der Waals surface area contributed by atoms with Gasteiger partial charge in [-0.05, 0) is 57.0 Å². The highest BCUT2D eigenvalue weighted by Crippen LogP contribution is 2.31. The summed E-state index contributed by atoms with van der Waals surface area (Å²) in [5.41, 5.74) is 2.23. The first-order chi connectivity index (χ1) is 18.6. The molecule has 0 heterocycles. The first kappa shape index (κ1) is 31.5. The SMILES string of the molecule is Cc1ccc(CN(C(=O)CN(c2cc(Cl)ccc2Cl)S(C)(=O)=O)[C@@H](Cc2ccccc2)C(=O)NC(C)(C)C)cc1. The quantitative estimate of drug-likeness (QED) is 0.326. The Bertz CT molecular complexity index is 1440. The fourth-order valence-corrected chi connectivity index (χ4v) is 5.46. The van der Waals surface area contributed by atoms with Gasteiger partial charge in [-0.25, -0.2) is 8.42 Å². The highest BCUT2D eigenvalue weighted by atomic mass is 35.5. The van der Waals surface area contributed by atoms with E-state index in [1.54, 1.807) is 0 Å². The molecule has 0 aliphatic rings. The van der Waals surface area contributed by atoms with Gasteiger partial charge in [0.05, 0.1) is 17.0 Å². The molecule has 0 saturated heterocycles. The number of carbonyl (C=O) groups excluding carboxylic acids is 2. The summed E-state index contributed by atoms with van der Waals surface area (Å²) in [7, 11) is -3.96. The number of nitrogens with zero attached hydrogens (tertiary/aromatic N) is 2. The van der Waals surface area contributed by atoms with Gasteiger partial charge in [0.15, 0.2) is 0 Å². The smallest absolute Gasteiger partial charge is 0.244 e. The maximum Gasteiger partial charge on any atom is 0.244 e. The van der Waals surface area contributed by atoms with Crippen molar-refractivity contribution >= 4 is 50.7 Å². The van der Waals surface area contributed by atoms with E-state index in [1.165, 1.54) is 23.1 Å². The van der Waals surface area contributed by atoms with Gasteiger partial charge >= 0.3 is 0 Å². The third kappa shape index (κ3) is 8.98. The highest BCUT2D eigenvalue weighted by molar-refractivity contribution is 7.92. The van der Waals surface area contributed by atoms with Crippen LogP contribution in [0.2, 0.25) is 10.0 Å². The summed E-state index contributed by atoms with van der Waals surface area (Å²) in [6.45, 7) is 7.07. The van der Waals surface area contributed by atoms with Crippen molar-refractivity contribution in [3.05, 3.63) is 99.5 Å². The van der Waals surface area contributed by atoms with E-state index in [1.807, 2.05) is 82.3 Å². The van der Waals surface area contributed by atoms with Gasteiger partial charge in [-0.2, -0.15) is 0 Å². The molecule has 3 aromatic rings. The Labute approximate surface area is 247 Å². The van der Waals surface area contributed by atoms with Gasteiger partial charge in [0.1, 0.15) is 12.6 Å². The van der Waals surface area contributed by atoms with Gasteiger partial charge in [0.2, 0.25) is 21.8 Å². The van der Waals surface area contributed by atoms with E-state index in [9.17, 15) is 18.0 Å². The fourth-order valence-electron chi connectivity index (χ4n) is 4.17. The van der Waals surface area contributed by atoms with Crippen molar-refractivity contribution in [3.8, 4) is 0 Å². The first-order valence-corrected chi connectivity index (χ1v) is 15.4. The molecule has 10 heteroatoms. The van der Waals surface area contributed by atoms with Gasteiger partial charge in [-0.1, -0.05) is 83.4 Å². The van der Waals surface area contributed by atoms with Crippen molar-refractivity contribution in [2.75, 3.05) is 17.1 Å². The molecule has 0 unspecified atom stereocenters. The molecule has 0 aliphatic heterocycles. The zero-order valence-corrected chi connectivity index (χ0v) is 25.6. The number of amides is 2. The number of benzene rings is 3. The Kier molecular flexibility index (Phi) is 10.3.